The van der Waals surface area contributed by atoms with E-state index in [0.717, 1.165) is 47.9 Å². The summed E-state index contributed by atoms with van der Waals surface area (Å²) in [6.07, 6.45) is -2.62. The van der Waals surface area contributed by atoms with Gasteiger partial charge in [0.1, 0.15) is 0 Å². The number of carbonyl (C=O) groups excluding carboxylic acids is 2. The van der Waals surface area contributed by atoms with Gasteiger partial charge < -0.3 is 10.6 Å². The summed E-state index contributed by atoms with van der Waals surface area (Å²) in [5.74, 6) is -0.640. The molecule has 0 aromatic heterocycles. The summed E-state index contributed by atoms with van der Waals surface area (Å²) in [5.41, 5.74) is 1.77. The Morgan fingerprint density at radius 2 is 1.72 bits per heavy atom. The fourth-order valence-corrected chi connectivity index (χ4v) is 3.50. The van der Waals surface area contributed by atoms with Crippen LogP contribution in [-0.4, -0.2) is 35.8 Å². The smallest absolute Gasteiger partial charge is 0.325 e. The van der Waals surface area contributed by atoms with Gasteiger partial charge in [-0.2, -0.15) is 13.2 Å². The van der Waals surface area contributed by atoms with Crippen molar-refractivity contribution < 1.29 is 22.8 Å². The molecule has 32 heavy (non-hydrogen) atoms. The maximum atomic E-state index is 12.9. The van der Waals surface area contributed by atoms with Crippen molar-refractivity contribution in [3.8, 4) is 0 Å². The summed E-state index contributed by atoms with van der Waals surface area (Å²) in [4.78, 5) is 26.8. The van der Waals surface area contributed by atoms with Gasteiger partial charge in [0.15, 0.2) is 0 Å². The van der Waals surface area contributed by atoms with E-state index in [-0.39, 0.29) is 35.6 Å². The Labute approximate surface area is 189 Å². The van der Waals surface area contributed by atoms with E-state index in [1.165, 1.54) is 0 Å². The van der Waals surface area contributed by atoms with E-state index in [0.29, 0.717) is 6.54 Å². The second-order valence-electron chi connectivity index (χ2n) is 8.06. The number of benzene rings is 2. The zero-order valence-electron chi connectivity index (χ0n) is 17.9. The lowest BCUT2D eigenvalue weighted by molar-refractivity contribution is -0.137. The van der Waals surface area contributed by atoms with Crippen LogP contribution in [0.1, 0.15) is 36.0 Å². The van der Waals surface area contributed by atoms with Crippen molar-refractivity contribution in [3.63, 3.8) is 0 Å². The van der Waals surface area contributed by atoms with Crippen molar-refractivity contribution in [1.82, 2.24) is 4.90 Å². The summed E-state index contributed by atoms with van der Waals surface area (Å²) in [7, 11) is 0. The van der Waals surface area contributed by atoms with Crippen LogP contribution in [0, 0.1) is 13.8 Å². The van der Waals surface area contributed by atoms with Gasteiger partial charge in [0.2, 0.25) is 11.8 Å². The maximum Gasteiger partial charge on any atom is 0.416 e. The summed E-state index contributed by atoms with van der Waals surface area (Å²) < 4.78 is 38.7. The third-order valence-corrected chi connectivity index (χ3v) is 5.60. The highest BCUT2D eigenvalue weighted by Crippen LogP contribution is 2.34. The molecule has 2 aromatic carbocycles. The van der Waals surface area contributed by atoms with Gasteiger partial charge >= 0.3 is 6.18 Å². The predicted octanol–water partition coefficient (Wildman–Crippen LogP) is 5.41. The molecule has 172 valence electrons. The Balaban J connectivity index is 1.56. The highest BCUT2D eigenvalue weighted by atomic mass is 35.5. The number of hydrogen-bond donors (Lipinski definition) is 2. The first-order valence-electron chi connectivity index (χ1n) is 10.3. The second kappa shape index (κ2) is 9.92. The molecule has 0 aliphatic heterocycles. The number of anilines is 2. The van der Waals surface area contributed by atoms with Crippen molar-refractivity contribution >= 4 is 34.8 Å². The van der Waals surface area contributed by atoms with Crippen LogP contribution in [0.2, 0.25) is 5.02 Å². The van der Waals surface area contributed by atoms with Crippen molar-refractivity contribution in [2.75, 3.05) is 23.7 Å². The molecule has 1 aliphatic rings. The Kier molecular flexibility index (Phi) is 7.46. The van der Waals surface area contributed by atoms with Gasteiger partial charge in [0.05, 0.1) is 22.8 Å². The molecule has 0 unspecified atom stereocenters. The first-order valence-corrected chi connectivity index (χ1v) is 10.7. The molecule has 1 saturated carbocycles. The third-order valence-electron chi connectivity index (χ3n) is 5.27. The third kappa shape index (κ3) is 6.71. The topological polar surface area (TPSA) is 61.4 Å². The summed E-state index contributed by atoms with van der Waals surface area (Å²) in [6.45, 7) is 4.31. The largest absolute Gasteiger partial charge is 0.416 e. The summed E-state index contributed by atoms with van der Waals surface area (Å²) in [5, 5.41) is 5.39. The number of aryl methyl sites for hydroxylation is 2. The molecule has 0 radical (unpaired) electrons. The van der Waals surface area contributed by atoms with E-state index in [1.807, 2.05) is 36.9 Å². The van der Waals surface area contributed by atoms with E-state index in [2.05, 4.69) is 10.6 Å². The highest BCUT2D eigenvalue weighted by molar-refractivity contribution is 6.33. The number of amides is 2. The molecule has 2 N–H and O–H groups in total. The SMILES string of the molecule is Cc1ccc(C)c(NC(=O)CN(CCC(=O)Nc2cc(C(F)(F)F)ccc2Cl)C2CC2)c1. The van der Waals surface area contributed by atoms with Crippen LogP contribution >= 0.6 is 11.6 Å². The van der Waals surface area contributed by atoms with Crippen LogP contribution in [0.15, 0.2) is 36.4 Å². The molecule has 2 aromatic rings. The average molecular weight is 468 g/mol. The molecule has 0 bridgehead atoms. The molecule has 0 spiro atoms. The minimum absolute atomic E-state index is 0.0262. The minimum Gasteiger partial charge on any atom is -0.325 e. The first kappa shape index (κ1) is 24.1. The number of halogens is 4. The second-order valence-corrected chi connectivity index (χ2v) is 8.47. The summed E-state index contributed by atoms with van der Waals surface area (Å²) in [6, 6.07) is 8.82. The number of rotatable bonds is 8. The Morgan fingerprint density at radius 3 is 2.38 bits per heavy atom. The maximum absolute atomic E-state index is 12.9. The average Bonchev–Trinajstić information content (AvgIpc) is 3.54. The van der Waals surface area contributed by atoms with Gasteiger partial charge in [0, 0.05) is 24.7 Å². The Bertz CT molecular complexity index is 1010. The Hall–Kier alpha value is -2.58. The molecule has 1 fully saturated rings. The quantitative estimate of drug-likeness (QED) is 0.546. The molecule has 0 atom stereocenters. The van der Waals surface area contributed by atoms with Crippen LogP contribution in [0.5, 0.6) is 0 Å². The zero-order valence-corrected chi connectivity index (χ0v) is 18.6. The Morgan fingerprint density at radius 1 is 1.03 bits per heavy atom. The van der Waals surface area contributed by atoms with Gasteiger partial charge in [0.25, 0.3) is 0 Å². The van der Waals surface area contributed by atoms with Crippen LogP contribution in [0.3, 0.4) is 0 Å². The van der Waals surface area contributed by atoms with Gasteiger partial charge in [-0.05, 0) is 62.1 Å². The lowest BCUT2D eigenvalue weighted by Gasteiger charge is -2.21. The molecule has 9 heteroatoms. The number of nitrogens with zero attached hydrogens (tertiary/aromatic N) is 1. The molecule has 5 nitrogen and oxygen atoms in total. The molecule has 1 aliphatic carbocycles. The standard InChI is InChI=1S/C23H25ClF3N3O2/c1-14-3-4-15(2)19(11-14)28-22(32)13-30(17-6-7-17)10-9-21(31)29-20-12-16(23(25,26)27)5-8-18(20)24/h3-5,8,11-12,17H,6-7,9-10,13H2,1-2H3,(H,28,32)(H,29,31). The van der Waals surface area contributed by atoms with Gasteiger partial charge in [-0.25, -0.2) is 0 Å². The monoisotopic (exact) mass is 467 g/mol. The highest BCUT2D eigenvalue weighted by Gasteiger charge is 2.32. The van der Waals surface area contributed by atoms with Crippen molar-refractivity contribution in [2.24, 2.45) is 0 Å². The molecular formula is C23H25ClF3N3O2. The van der Waals surface area contributed by atoms with E-state index in [1.54, 1.807) is 0 Å². The normalized spacial score (nSPS) is 13.8. The van der Waals surface area contributed by atoms with E-state index >= 15 is 0 Å². The van der Waals surface area contributed by atoms with E-state index in [4.69, 9.17) is 11.6 Å². The van der Waals surface area contributed by atoms with Crippen LogP contribution in [0.25, 0.3) is 0 Å². The van der Waals surface area contributed by atoms with Gasteiger partial charge in [-0.15, -0.1) is 0 Å². The number of hydrogen-bond acceptors (Lipinski definition) is 3. The van der Waals surface area contributed by atoms with Gasteiger partial charge in [-0.3, -0.25) is 14.5 Å². The molecule has 2 amide bonds. The lowest BCUT2D eigenvalue weighted by atomic mass is 10.1. The number of nitrogens with one attached hydrogen (secondary N) is 2. The number of carbonyl (C=O) groups is 2. The van der Waals surface area contributed by atoms with Crippen molar-refractivity contribution in [2.45, 2.75) is 45.3 Å². The fourth-order valence-electron chi connectivity index (χ4n) is 3.33. The van der Waals surface area contributed by atoms with Crippen molar-refractivity contribution in [3.05, 3.63) is 58.1 Å². The molecular weight excluding hydrogens is 443 g/mol. The van der Waals surface area contributed by atoms with Crippen LogP contribution in [0.4, 0.5) is 24.5 Å². The predicted molar refractivity (Wildman–Crippen MR) is 119 cm³/mol. The zero-order chi connectivity index (χ0) is 23.5. The van der Waals surface area contributed by atoms with Gasteiger partial charge in [-0.1, -0.05) is 23.7 Å². The molecule has 0 heterocycles. The van der Waals surface area contributed by atoms with E-state index < -0.39 is 17.6 Å². The summed E-state index contributed by atoms with van der Waals surface area (Å²) >= 11 is 5.94. The van der Waals surface area contributed by atoms with Crippen LogP contribution < -0.4 is 10.6 Å². The number of alkyl halides is 3. The molecule has 3 rings (SSSR count). The fraction of sp³-hybridized carbons (Fsp3) is 0.391. The first-order chi connectivity index (χ1) is 15.0. The molecule has 0 saturated heterocycles. The van der Waals surface area contributed by atoms with E-state index in [9.17, 15) is 22.8 Å². The minimum atomic E-state index is -4.53. The lowest BCUT2D eigenvalue weighted by Crippen LogP contribution is -2.37. The van der Waals surface area contributed by atoms with Crippen LogP contribution in [-0.2, 0) is 15.8 Å². The van der Waals surface area contributed by atoms with Crippen molar-refractivity contribution in [1.29, 1.82) is 0 Å².